The van der Waals surface area contributed by atoms with Crippen LogP contribution in [-0.2, 0) is 9.53 Å². The minimum Gasteiger partial charge on any atom is -0.493 e. The Morgan fingerprint density at radius 3 is 2.29 bits per heavy atom. The Balaban J connectivity index is 1.48. The van der Waals surface area contributed by atoms with Gasteiger partial charge in [0.15, 0.2) is 23.9 Å². The topological polar surface area (TPSA) is 114 Å². The maximum absolute atomic E-state index is 12.7. The van der Waals surface area contributed by atoms with Crippen molar-refractivity contribution in [1.82, 2.24) is 14.8 Å². The molecule has 0 aliphatic carbocycles. The fraction of sp³-hybridized carbons (Fsp3) is 0.167. The molecule has 4 aromatic rings. The van der Waals surface area contributed by atoms with Crippen molar-refractivity contribution in [3.63, 3.8) is 0 Å². The molecule has 0 saturated carbocycles. The average molecular weight is 495 g/mol. The van der Waals surface area contributed by atoms with Crippen LogP contribution in [0.15, 0.2) is 60.0 Å². The highest BCUT2D eigenvalue weighted by atomic mass is 32.1. The van der Waals surface area contributed by atoms with E-state index in [2.05, 4.69) is 15.4 Å². The zero-order valence-corrected chi connectivity index (χ0v) is 20.0. The molecule has 11 heteroatoms. The van der Waals surface area contributed by atoms with Crippen LogP contribution in [0.4, 0.5) is 5.69 Å². The number of aromatic nitrogens is 3. The normalized spacial score (nSPS) is 10.5. The molecule has 0 aliphatic heterocycles. The van der Waals surface area contributed by atoms with E-state index >= 15 is 0 Å². The number of nitrogens with zero attached hydrogens (tertiary/aromatic N) is 3. The summed E-state index contributed by atoms with van der Waals surface area (Å²) >= 11 is 1.47. The van der Waals surface area contributed by atoms with E-state index in [0.29, 0.717) is 28.8 Å². The fourth-order valence-electron chi connectivity index (χ4n) is 3.26. The first-order valence-electron chi connectivity index (χ1n) is 10.4. The van der Waals surface area contributed by atoms with Crippen molar-refractivity contribution in [2.24, 2.45) is 0 Å². The Labute approximate surface area is 205 Å². The largest absolute Gasteiger partial charge is 0.493 e. The lowest BCUT2D eigenvalue weighted by molar-refractivity contribution is -0.119. The maximum atomic E-state index is 12.7. The van der Waals surface area contributed by atoms with Crippen LogP contribution in [-0.4, -0.2) is 54.6 Å². The number of benzene rings is 2. The van der Waals surface area contributed by atoms with Crippen molar-refractivity contribution in [2.75, 3.05) is 33.3 Å². The highest BCUT2D eigenvalue weighted by molar-refractivity contribution is 7.13. The molecule has 0 saturated heterocycles. The first-order chi connectivity index (χ1) is 17.0. The molecule has 1 N–H and O–H groups in total. The Kier molecular flexibility index (Phi) is 7.27. The van der Waals surface area contributed by atoms with E-state index in [-0.39, 0.29) is 5.82 Å². The van der Waals surface area contributed by atoms with Crippen molar-refractivity contribution in [2.45, 2.75) is 0 Å². The predicted octanol–water partition coefficient (Wildman–Crippen LogP) is 3.82. The second-order valence-electron chi connectivity index (χ2n) is 7.02. The lowest BCUT2D eigenvalue weighted by atomic mass is 10.2. The van der Waals surface area contributed by atoms with Crippen LogP contribution in [0.5, 0.6) is 17.2 Å². The number of nitrogens with one attached hydrogen (secondary N) is 1. The van der Waals surface area contributed by atoms with Crippen molar-refractivity contribution >= 4 is 28.9 Å². The summed E-state index contributed by atoms with van der Waals surface area (Å²) in [6.45, 7) is -0.538. The quantitative estimate of drug-likeness (QED) is 0.350. The summed E-state index contributed by atoms with van der Waals surface area (Å²) in [7, 11) is 4.42. The monoisotopic (exact) mass is 494 g/mol. The zero-order chi connectivity index (χ0) is 24.8. The van der Waals surface area contributed by atoms with Crippen LogP contribution in [0.3, 0.4) is 0 Å². The van der Waals surface area contributed by atoms with Gasteiger partial charge in [0, 0.05) is 17.8 Å². The summed E-state index contributed by atoms with van der Waals surface area (Å²) in [5.41, 5.74) is 1.12. The van der Waals surface area contributed by atoms with E-state index in [1.54, 1.807) is 16.8 Å². The van der Waals surface area contributed by atoms with Gasteiger partial charge < -0.3 is 24.3 Å². The fourth-order valence-corrected chi connectivity index (χ4v) is 3.96. The molecule has 2 aromatic carbocycles. The van der Waals surface area contributed by atoms with Crippen LogP contribution < -0.4 is 19.5 Å². The number of esters is 1. The number of rotatable bonds is 9. The van der Waals surface area contributed by atoms with Gasteiger partial charge in [-0.1, -0.05) is 24.3 Å². The molecule has 0 unspecified atom stereocenters. The number of carbonyl (C=O) groups is 2. The van der Waals surface area contributed by atoms with Gasteiger partial charge >= 0.3 is 5.97 Å². The molecule has 2 aromatic heterocycles. The van der Waals surface area contributed by atoms with Crippen LogP contribution in [0.2, 0.25) is 0 Å². The summed E-state index contributed by atoms with van der Waals surface area (Å²) in [6.07, 6.45) is 0. The standard InChI is InChI=1S/C24H22N4O6S/c1-31-17-12-15(13-18(32-2)21(17)33-3)25-20(29)14-34-24(30)22-26-23(19-10-7-11-35-19)28(27-22)16-8-5-4-6-9-16/h4-13H,14H2,1-3H3,(H,25,29). The van der Waals surface area contributed by atoms with Gasteiger partial charge in [-0.15, -0.1) is 16.4 Å². The molecule has 0 fully saturated rings. The summed E-state index contributed by atoms with van der Waals surface area (Å²) in [5, 5.41) is 8.87. The minimum absolute atomic E-state index is 0.155. The van der Waals surface area contributed by atoms with Crippen molar-refractivity contribution in [3.8, 4) is 33.6 Å². The van der Waals surface area contributed by atoms with Crippen LogP contribution in [0.1, 0.15) is 10.6 Å². The Hall–Kier alpha value is -4.38. The Morgan fingerprint density at radius 1 is 0.971 bits per heavy atom. The van der Waals surface area contributed by atoms with Gasteiger partial charge in [-0.3, -0.25) is 4.79 Å². The SMILES string of the molecule is COc1cc(NC(=O)COC(=O)c2nc(-c3cccs3)n(-c3ccccc3)n2)cc(OC)c1OC. The summed E-state index contributed by atoms with van der Waals surface area (Å²) in [5.74, 6) is 0.0943. The molecule has 10 nitrogen and oxygen atoms in total. The second-order valence-corrected chi connectivity index (χ2v) is 7.97. The number of anilines is 1. The number of hydrogen-bond donors (Lipinski definition) is 1. The first kappa shape index (κ1) is 23.8. The molecule has 0 spiro atoms. The van der Waals surface area contributed by atoms with Gasteiger partial charge in [-0.25, -0.2) is 9.48 Å². The van der Waals surface area contributed by atoms with Crippen LogP contribution in [0.25, 0.3) is 16.4 Å². The molecule has 4 rings (SSSR count). The van der Waals surface area contributed by atoms with E-state index in [1.807, 2.05) is 47.8 Å². The molecule has 2 heterocycles. The number of carbonyl (C=O) groups excluding carboxylic acids is 2. The second kappa shape index (κ2) is 10.7. The average Bonchev–Trinajstić information content (AvgIpc) is 3.57. The number of para-hydroxylation sites is 1. The van der Waals surface area contributed by atoms with Crippen LogP contribution in [0, 0.1) is 0 Å². The molecule has 0 bridgehead atoms. The highest BCUT2D eigenvalue weighted by Crippen LogP contribution is 2.39. The van der Waals surface area contributed by atoms with Crippen LogP contribution >= 0.6 is 11.3 Å². The molecular weight excluding hydrogens is 472 g/mol. The summed E-state index contributed by atoms with van der Waals surface area (Å²) in [4.78, 5) is 30.3. The van der Waals surface area contributed by atoms with E-state index in [0.717, 1.165) is 10.6 Å². The highest BCUT2D eigenvalue weighted by Gasteiger charge is 2.22. The van der Waals surface area contributed by atoms with Gasteiger partial charge in [0.1, 0.15) is 0 Å². The molecule has 1 amide bonds. The smallest absolute Gasteiger partial charge is 0.378 e. The van der Waals surface area contributed by atoms with E-state index < -0.39 is 18.5 Å². The lowest BCUT2D eigenvalue weighted by Crippen LogP contribution is -2.21. The van der Waals surface area contributed by atoms with Crippen molar-refractivity contribution < 1.29 is 28.5 Å². The van der Waals surface area contributed by atoms with Crippen molar-refractivity contribution in [3.05, 3.63) is 65.8 Å². The number of amides is 1. The third-order valence-corrected chi connectivity index (χ3v) is 5.68. The predicted molar refractivity (Wildman–Crippen MR) is 130 cm³/mol. The lowest BCUT2D eigenvalue weighted by Gasteiger charge is -2.14. The summed E-state index contributed by atoms with van der Waals surface area (Å²) < 4.78 is 22.6. The minimum atomic E-state index is -0.822. The number of ether oxygens (including phenoxy) is 4. The Bertz CT molecular complexity index is 1300. The van der Waals surface area contributed by atoms with Gasteiger partial charge in [-0.2, -0.15) is 4.98 Å². The Morgan fingerprint density at radius 2 is 1.69 bits per heavy atom. The van der Waals surface area contributed by atoms with E-state index in [9.17, 15) is 9.59 Å². The third-order valence-electron chi connectivity index (χ3n) is 4.81. The molecule has 0 aliphatic rings. The maximum Gasteiger partial charge on any atom is 0.378 e. The molecule has 0 atom stereocenters. The van der Waals surface area contributed by atoms with Gasteiger partial charge in [0.25, 0.3) is 11.7 Å². The van der Waals surface area contributed by atoms with E-state index in [1.165, 1.54) is 32.7 Å². The number of thiophene rings is 1. The molecule has 180 valence electrons. The number of hydrogen-bond acceptors (Lipinski definition) is 9. The van der Waals surface area contributed by atoms with E-state index in [4.69, 9.17) is 18.9 Å². The van der Waals surface area contributed by atoms with Gasteiger partial charge in [-0.05, 0) is 23.6 Å². The molecule has 35 heavy (non-hydrogen) atoms. The number of methoxy groups -OCH3 is 3. The summed E-state index contributed by atoms with van der Waals surface area (Å²) in [6, 6.07) is 16.2. The zero-order valence-electron chi connectivity index (χ0n) is 19.2. The van der Waals surface area contributed by atoms with Gasteiger partial charge in [0.2, 0.25) is 5.75 Å². The molecular formula is C24H22N4O6S. The molecule has 0 radical (unpaired) electrons. The van der Waals surface area contributed by atoms with Gasteiger partial charge in [0.05, 0.1) is 31.9 Å². The first-order valence-corrected chi connectivity index (χ1v) is 11.2. The van der Waals surface area contributed by atoms with Crippen molar-refractivity contribution in [1.29, 1.82) is 0 Å². The third kappa shape index (κ3) is 5.25.